The van der Waals surface area contributed by atoms with Gasteiger partial charge in [-0.25, -0.2) is 0 Å². The number of nitrogens with zero attached hydrogens (tertiary/aromatic N) is 1. The Hall–Kier alpha value is -2.89. The molecule has 0 aliphatic carbocycles. The zero-order valence-electron chi connectivity index (χ0n) is 12.3. The number of hydrogen-bond acceptors (Lipinski definition) is 4. The summed E-state index contributed by atoms with van der Waals surface area (Å²) in [5, 5.41) is 25.0. The number of amides is 1. The molecule has 0 heterocycles. The van der Waals surface area contributed by atoms with E-state index in [1.807, 2.05) is 26.0 Å². The zero-order chi connectivity index (χ0) is 16.3. The normalized spacial score (nSPS) is 10.3. The molecule has 0 radical (unpaired) electrons. The third-order valence-electron chi connectivity index (χ3n) is 3.33. The van der Waals surface area contributed by atoms with E-state index in [1.165, 1.54) is 6.07 Å². The van der Waals surface area contributed by atoms with Gasteiger partial charge in [-0.15, -0.1) is 5.75 Å². The van der Waals surface area contributed by atoms with Crippen LogP contribution >= 0.6 is 0 Å². The summed E-state index contributed by atoms with van der Waals surface area (Å²) in [7, 11) is 0. The van der Waals surface area contributed by atoms with Crippen LogP contribution in [0.2, 0.25) is 0 Å². The van der Waals surface area contributed by atoms with Gasteiger partial charge in [0.05, 0.1) is 4.92 Å². The second kappa shape index (κ2) is 6.26. The van der Waals surface area contributed by atoms with Gasteiger partial charge in [0, 0.05) is 24.2 Å². The number of aryl methyl sites for hydroxylation is 2. The Morgan fingerprint density at radius 1 is 1.18 bits per heavy atom. The third-order valence-corrected chi connectivity index (χ3v) is 3.33. The highest BCUT2D eigenvalue weighted by Crippen LogP contribution is 2.21. The topological polar surface area (TPSA) is 95.3 Å². The Balaban J connectivity index is 2.16. The first-order valence-electron chi connectivity index (χ1n) is 6.68. The Labute approximate surface area is 127 Å². The predicted octanol–water partition coefficient (Wildman–Crippen LogP) is 2.22. The van der Waals surface area contributed by atoms with Crippen LogP contribution in [-0.2, 0) is 6.54 Å². The molecule has 22 heavy (non-hydrogen) atoms. The zero-order valence-corrected chi connectivity index (χ0v) is 12.3. The van der Waals surface area contributed by atoms with E-state index in [0.717, 1.165) is 23.3 Å². The van der Waals surface area contributed by atoms with Crippen LogP contribution in [0, 0.1) is 24.0 Å². The van der Waals surface area contributed by atoms with E-state index in [1.54, 1.807) is 6.07 Å². The predicted molar refractivity (Wildman–Crippen MR) is 79.6 cm³/mol. The number of nitro benzene ring substituents is 1. The summed E-state index contributed by atoms with van der Waals surface area (Å²) in [5.41, 5.74) is 2.32. The summed E-state index contributed by atoms with van der Waals surface area (Å²) in [6, 6.07) is 8.98. The standard InChI is InChI=1S/C16H16N2O4/c1-10-3-4-11(2)14(7-10)16(20)17-9-12-8-13(18(21)22)5-6-15(12)19/h3-8,19H,9H2,1-2H3,(H,17,20)/p-1. The molecule has 1 N–H and O–H groups in total. The second-order valence-corrected chi connectivity index (χ2v) is 5.05. The van der Waals surface area contributed by atoms with E-state index >= 15 is 0 Å². The Kier molecular flexibility index (Phi) is 4.41. The van der Waals surface area contributed by atoms with E-state index in [2.05, 4.69) is 5.32 Å². The molecule has 0 fully saturated rings. The first kappa shape index (κ1) is 15.5. The van der Waals surface area contributed by atoms with Gasteiger partial charge in [0.1, 0.15) is 0 Å². The number of benzene rings is 2. The lowest BCUT2D eigenvalue weighted by molar-refractivity contribution is -0.385. The number of rotatable bonds is 4. The maximum absolute atomic E-state index is 12.2. The van der Waals surface area contributed by atoms with E-state index in [9.17, 15) is 20.0 Å². The summed E-state index contributed by atoms with van der Waals surface area (Å²) in [6.07, 6.45) is 0. The fraction of sp³-hybridized carbons (Fsp3) is 0.188. The molecule has 0 spiro atoms. The largest absolute Gasteiger partial charge is 0.872 e. The van der Waals surface area contributed by atoms with Crippen molar-refractivity contribution in [1.82, 2.24) is 5.32 Å². The van der Waals surface area contributed by atoms with Crippen molar-refractivity contribution in [2.24, 2.45) is 0 Å². The minimum atomic E-state index is -0.574. The smallest absolute Gasteiger partial charge is 0.269 e. The highest BCUT2D eigenvalue weighted by Gasteiger charge is 2.11. The molecule has 0 aliphatic heterocycles. The maximum atomic E-state index is 12.2. The monoisotopic (exact) mass is 299 g/mol. The molecular weight excluding hydrogens is 284 g/mol. The van der Waals surface area contributed by atoms with Crippen molar-refractivity contribution in [3.8, 4) is 5.75 Å². The summed E-state index contributed by atoms with van der Waals surface area (Å²) in [4.78, 5) is 22.3. The fourth-order valence-corrected chi connectivity index (χ4v) is 2.07. The summed E-state index contributed by atoms with van der Waals surface area (Å²) in [6.45, 7) is 3.65. The van der Waals surface area contributed by atoms with Gasteiger partial charge >= 0.3 is 0 Å². The molecule has 0 unspecified atom stereocenters. The van der Waals surface area contributed by atoms with Gasteiger partial charge in [0.15, 0.2) is 0 Å². The minimum Gasteiger partial charge on any atom is -0.872 e. The Bertz CT molecular complexity index is 741. The quantitative estimate of drug-likeness (QED) is 0.691. The van der Waals surface area contributed by atoms with Crippen molar-refractivity contribution in [2.75, 3.05) is 0 Å². The number of hydrogen-bond donors (Lipinski definition) is 1. The molecule has 0 saturated heterocycles. The molecule has 2 rings (SSSR count). The van der Waals surface area contributed by atoms with Crippen molar-refractivity contribution >= 4 is 11.6 Å². The van der Waals surface area contributed by atoms with Crippen molar-refractivity contribution in [3.05, 3.63) is 68.8 Å². The lowest BCUT2D eigenvalue weighted by Gasteiger charge is -2.14. The molecule has 2 aromatic carbocycles. The number of nitrogens with one attached hydrogen (secondary N) is 1. The maximum Gasteiger partial charge on any atom is 0.269 e. The van der Waals surface area contributed by atoms with Crippen LogP contribution in [0.3, 0.4) is 0 Å². The highest BCUT2D eigenvalue weighted by molar-refractivity contribution is 5.95. The van der Waals surface area contributed by atoms with E-state index in [-0.39, 0.29) is 29.5 Å². The number of non-ortho nitro benzene ring substituents is 1. The van der Waals surface area contributed by atoms with Gasteiger partial charge in [-0.05, 0) is 31.0 Å². The molecule has 114 valence electrons. The van der Waals surface area contributed by atoms with Crippen LogP contribution in [0.1, 0.15) is 27.0 Å². The summed E-state index contributed by atoms with van der Waals surface area (Å²) < 4.78 is 0. The Morgan fingerprint density at radius 3 is 2.59 bits per heavy atom. The van der Waals surface area contributed by atoms with Crippen LogP contribution in [-0.4, -0.2) is 10.8 Å². The van der Waals surface area contributed by atoms with E-state index in [4.69, 9.17) is 0 Å². The van der Waals surface area contributed by atoms with Crippen LogP contribution < -0.4 is 10.4 Å². The van der Waals surface area contributed by atoms with Crippen LogP contribution in [0.25, 0.3) is 0 Å². The molecule has 6 nitrogen and oxygen atoms in total. The van der Waals surface area contributed by atoms with Crippen molar-refractivity contribution in [2.45, 2.75) is 20.4 Å². The SMILES string of the molecule is Cc1ccc(C)c(C(=O)NCc2cc([N+](=O)[O-])ccc2[O-])c1. The van der Waals surface area contributed by atoms with Crippen molar-refractivity contribution in [1.29, 1.82) is 0 Å². The number of carbonyl (C=O) groups is 1. The molecule has 2 aromatic rings. The fourth-order valence-electron chi connectivity index (χ4n) is 2.07. The molecule has 0 aliphatic rings. The molecule has 0 atom stereocenters. The summed E-state index contributed by atoms with van der Waals surface area (Å²) in [5.74, 6) is -0.654. The van der Waals surface area contributed by atoms with Gasteiger partial charge in [-0.2, -0.15) is 0 Å². The number of carbonyl (C=O) groups excluding carboxylic acids is 1. The van der Waals surface area contributed by atoms with Crippen molar-refractivity contribution < 1.29 is 14.8 Å². The highest BCUT2D eigenvalue weighted by atomic mass is 16.6. The molecular formula is C16H15N2O4-. The first-order valence-corrected chi connectivity index (χ1v) is 6.68. The summed E-state index contributed by atoms with van der Waals surface area (Å²) >= 11 is 0. The lowest BCUT2D eigenvalue weighted by atomic mass is 10.0. The van der Waals surface area contributed by atoms with Gasteiger partial charge in [0.2, 0.25) is 0 Å². The average molecular weight is 299 g/mol. The van der Waals surface area contributed by atoms with Gasteiger partial charge in [-0.3, -0.25) is 14.9 Å². The molecule has 1 amide bonds. The van der Waals surface area contributed by atoms with E-state index in [0.29, 0.717) is 5.56 Å². The average Bonchev–Trinajstić information content (AvgIpc) is 2.48. The molecule has 0 saturated carbocycles. The van der Waals surface area contributed by atoms with Gasteiger partial charge in [0.25, 0.3) is 11.6 Å². The van der Waals surface area contributed by atoms with Crippen LogP contribution in [0.5, 0.6) is 5.75 Å². The first-order chi connectivity index (χ1) is 10.4. The van der Waals surface area contributed by atoms with E-state index < -0.39 is 4.92 Å². The molecule has 0 aromatic heterocycles. The second-order valence-electron chi connectivity index (χ2n) is 5.05. The van der Waals surface area contributed by atoms with Crippen molar-refractivity contribution in [3.63, 3.8) is 0 Å². The lowest BCUT2D eigenvalue weighted by Crippen LogP contribution is -2.24. The molecule has 0 bridgehead atoms. The van der Waals surface area contributed by atoms with Gasteiger partial charge in [-0.1, -0.05) is 23.8 Å². The third kappa shape index (κ3) is 3.41. The molecule has 6 heteroatoms. The van der Waals surface area contributed by atoms with Crippen LogP contribution in [0.4, 0.5) is 5.69 Å². The number of nitro groups is 1. The van der Waals surface area contributed by atoms with Gasteiger partial charge < -0.3 is 10.4 Å². The Morgan fingerprint density at radius 2 is 1.91 bits per heavy atom. The minimum absolute atomic E-state index is 0.0489. The van der Waals surface area contributed by atoms with Crippen LogP contribution in [0.15, 0.2) is 36.4 Å².